The average Bonchev–Trinajstić information content (AvgIpc) is 3.36. The van der Waals surface area contributed by atoms with Crippen LogP contribution in [-0.4, -0.2) is 52.9 Å². The van der Waals surface area contributed by atoms with Crippen LogP contribution >= 0.6 is 0 Å². The van der Waals surface area contributed by atoms with Crippen LogP contribution in [0.5, 0.6) is 0 Å². The van der Waals surface area contributed by atoms with E-state index in [-0.39, 0.29) is 18.4 Å². The highest BCUT2D eigenvalue weighted by Crippen LogP contribution is 2.54. The molecule has 2 bridgehead atoms. The number of likely N-dealkylation sites (tertiary alicyclic amines) is 1. The lowest BCUT2D eigenvalue weighted by Crippen LogP contribution is -2.49. The predicted molar refractivity (Wildman–Crippen MR) is 79.2 cm³/mol. The molecule has 7 nitrogen and oxygen atoms in total. The first-order valence-electron chi connectivity index (χ1n) is 8.06. The van der Waals surface area contributed by atoms with E-state index in [2.05, 4.69) is 4.98 Å². The lowest BCUT2D eigenvalue weighted by molar-refractivity contribution is -0.183. The van der Waals surface area contributed by atoms with Crippen molar-refractivity contribution in [3.63, 3.8) is 0 Å². The number of fused-ring (bicyclic) bond motifs is 5. The highest BCUT2D eigenvalue weighted by molar-refractivity contribution is 6.07. The Morgan fingerprint density at radius 1 is 1.21 bits per heavy atom. The Balaban J connectivity index is 1.48. The van der Waals surface area contributed by atoms with Gasteiger partial charge in [0.05, 0.1) is 43.4 Å². The third kappa shape index (κ3) is 1.74. The number of hydrogen-bond acceptors (Lipinski definition) is 6. The number of nitrogens with zero attached hydrogens (tertiary/aromatic N) is 2. The minimum absolute atomic E-state index is 0.181. The smallest absolute Gasteiger partial charge is 0.237 e. The van der Waals surface area contributed by atoms with Crippen molar-refractivity contribution in [2.24, 2.45) is 11.8 Å². The summed E-state index contributed by atoms with van der Waals surface area (Å²) in [6.45, 7) is 1.11. The van der Waals surface area contributed by atoms with Crippen LogP contribution in [0.2, 0.25) is 0 Å². The maximum Gasteiger partial charge on any atom is 0.237 e. The summed E-state index contributed by atoms with van der Waals surface area (Å²) in [5.41, 5.74) is -0.305. The van der Waals surface area contributed by atoms with Gasteiger partial charge in [-0.15, -0.1) is 0 Å². The first-order chi connectivity index (χ1) is 11.7. The number of carbonyl (C=O) groups excluding carboxylic acids is 2. The van der Waals surface area contributed by atoms with E-state index in [9.17, 15) is 9.59 Å². The highest BCUT2D eigenvalue weighted by atomic mass is 16.7. The SMILES string of the molecule is O=C1[C@H]2[C@@H](C(=O)N1Cc1ccccn1)[C@@]1(C3OCCO3)C=C[C@H]2O1. The summed E-state index contributed by atoms with van der Waals surface area (Å²) in [5, 5.41) is 0. The van der Waals surface area contributed by atoms with E-state index >= 15 is 0 Å². The Hall–Kier alpha value is -2.09. The van der Waals surface area contributed by atoms with Gasteiger partial charge < -0.3 is 14.2 Å². The Morgan fingerprint density at radius 2 is 2.04 bits per heavy atom. The summed E-state index contributed by atoms with van der Waals surface area (Å²) in [6.07, 6.45) is 4.30. The van der Waals surface area contributed by atoms with Gasteiger partial charge >= 0.3 is 0 Å². The molecule has 24 heavy (non-hydrogen) atoms. The van der Waals surface area contributed by atoms with E-state index in [0.29, 0.717) is 18.9 Å². The van der Waals surface area contributed by atoms with Crippen molar-refractivity contribution in [3.8, 4) is 0 Å². The topological polar surface area (TPSA) is 78.0 Å². The molecule has 7 heteroatoms. The molecule has 0 N–H and O–H groups in total. The first-order valence-corrected chi connectivity index (χ1v) is 8.06. The maximum atomic E-state index is 13.0. The van der Waals surface area contributed by atoms with Gasteiger partial charge in [-0.2, -0.15) is 0 Å². The second-order valence-corrected chi connectivity index (χ2v) is 6.46. The van der Waals surface area contributed by atoms with Crippen molar-refractivity contribution >= 4 is 11.8 Å². The van der Waals surface area contributed by atoms with Gasteiger partial charge in [0.2, 0.25) is 11.8 Å². The van der Waals surface area contributed by atoms with Crippen molar-refractivity contribution in [2.45, 2.75) is 24.5 Å². The number of aromatic nitrogens is 1. The van der Waals surface area contributed by atoms with Crippen LogP contribution in [0.4, 0.5) is 0 Å². The van der Waals surface area contributed by atoms with Gasteiger partial charge in [-0.1, -0.05) is 12.1 Å². The Morgan fingerprint density at radius 3 is 2.79 bits per heavy atom. The summed E-state index contributed by atoms with van der Waals surface area (Å²) in [7, 11) is 0. The summed E-state index contributed by atoms with van der Waals surface area (Å²) in [6, 6.07) is 5.44. The van der Waals surface area contributed by atoms with Crippen molar-refractivity contribution in [3.05, 3.63) is 42.2 Å². The molecule has 3 fully saturated rings. The molecule has 0 aromatic carbocycles. The highest BCUT2D eigenvalue weighted by Gasteiger charge is 2.71. The molecule has 124 valence electrons. The van der Waals surface area contributed by atoms with Crippen LogP contribution in [0.3, 0.4) is 0 Å². The van der Waals surface area contributed by atoms with Crippen LogP contribution in [0, 0.1) is 11.8 Å². The zero-order chi connectivity index (χ0) is 16.3. The largest absolute Gasteiger partial charge is 0.357 e. The molecule has 4 atom stereocenters. The lowest BCUT2D eigenvalue weighted by Gasteiger charge is -2.32. The third-order valence-corrected chi connectivity index (χ3v) is 5.21. The van der Waals surface area contributed by atoms with Gasteiger partial charge in [0.15, 0.2) is 11.9 Å². The number of pyridine rings is 1. The van der Waals surface area contributed by atoms with Crippen LogP contribution < -0.4 is 0 Å². The summed E-state index contributed by atoms with van der Waals surface area (Å²) >= 11 is 0. The number of amides is 2. The normalized spacial score (nSPS) is 37.7. The number of imide groups is 1. The molecule has 4 aliphatic heterocycles. The average molecular weight is 328 g/mol. The Kier molecular flexibility index (Phi) is 2.94. The summed E-state index contributed by atoms with van der Waals surface area (Å²) in [4.78, 5) is 31.3. The molecule has 5 heterocycles. The fourth-order valence-corrected chi connectivity index (χ4v) is 4.20. The zero-order valence-electron chi connectivity index (χ0n) is 12.8. The van der Waals surface area contributed by atoms with Crippen molar-refractivity contribution in [1.29, 1.82) is 0 Å². The Bertz CT molecular complexity index is 730. The van der Waals surface area contributed by atoms with E-state index in [1.54, 1.807) is 18.3 Å². The molecule has 0 radical (unpaired) electrons. The molecule has 2 amide bonds. The first kappa shape index (κ1) is 14.3. The predicted octanol–water partition coefficient (Wildman–Crippen LogP) is 0.263. The van der Waals surface area contributed by atoms with Crippen molar-refractivity contribution in [2.75, 3.05) is 13.2 Å². The minimum atomic E-state index is -0.989. The van der Waals surface area contributed by atoms with Gasteiger partial charge in [-0.05, 0) is 18.2 Å². The van der Waals surface area contributed by atoms with E-state index in [0.717, 1.165) is 0 Å². The van der Waals surface area contributed by atoms with Gasteiger partial charge in [-0.25, -0.2) is 0 Å². The van der Waals surface area contributed by atoms with Crippen molar-refractivity contribution < 1.29 is 23.8 Å². The standard InChI is InChI=1S/C17H16N2O5/c20-14-12-11-4-5-17(24-11,16-22-7-8-23-16)13(12)15(21)19(14)9-10-3-1-2-6-18-10/h1-6,11-13,16H,7-9H2/t11-,12-,13+,17-/m1/s1. The second-order valence-electron chi connectivity index (χ2n) is 6.46. The maximum absolute atomic E-state index is 13.0. The molecule has 0 unspecified atom stereocenters. The minimum Gasteiger partial charge on any atom is -0.357 e. The molecule has 0 spiro atoms. The number of hydrogen-bond donors (Lipinski definition) is 0. The molecule has 3 saturated heterocycles. The number of ether oxygens (including phenoxy) is 3. The fourth-order valence-electron chi connectivity index (χ4n) is 4.20. The van der Waals surface area contributed by atoms with Crippen LogP contribution in [0.15, 0.2) is 36.5 Å². The third-order valence-electron chi connectivity index (χ3n) is 5.21. The molecular weight excluding hydrogens is 312 g/mol. The summed E-state index contributed by atoms with van der Waals surface area (Å²) in [5.74, 6) is -1.53. The van der Waals surface area contributed by atoms with Crippen LogP contribution in [0.1, 0.15) is 5.69 Å². The van der Waals surface area contributed by atoms with E-state index < -0.39 is 29.8 Å². The molecule has 5 rings (SSSR count). The molecule has 1 aromatic heterocycles. The van der Waals surface area contributed by atoms with Gasteiger partial charge in [0, 0.05) is 6.20 Å². The number of carbonyl (C=O) groups is 2. The van der Waals surface area contributed by atoms with Crippen molar-refractivity contribution in [1.82, 2.24) is 9.88 Å². The fraction of sp³-hybridized carbons (Fsp3) is 0.471. The number of rotatable bonds is 3. The quantitative estimate of drug-likeness (QED) is 0.585. The van der Waals surface area contributed by atoms with Gasteiger partial charge in [-0.3, -0.25) is 19.5 Å². The molecule has 0 saturated carbocycles. The van der Waals surface area contributed by atoms with Gasteiger partial charge in [0.25, 0.3) is 0 Å². The van der Waals surface area contributed by atoms with E-state index in [1.807, 2.05) is 18.2 Å². The molecule has 4 aliphatic rings. The molecular formula is C17H16N2O5. The van der Waals surface area contributed by atoms with Gasteiger partial charge in [0.1, 0.15) is 0 Å². The molecule has 0 aliphatic carbocycles. The Labute approximate surface area is 138 Å². The monoisotopic (exact) mass is 328 g/mol. The second kappa shape index (κ2) is 4.95. The van der Waals surface area contributed by atoms with Crippen LogP contribution in [0.25, 0.3) is 0 Å². The summed E-state index contributed by atoms with van der Waals surface area (Å²) < 4.78 is 17.2. The van der Waals surface area contributed by atoms with E-state index in [4.69, 9.17) is 14.2 Å². The molecule has 1 aromatic rings. The zero-order valence-corrected chi connectivity index (χ0v) is 12.8. The lowest BCUT2D eigenvalue weighted by atomic mass is 9.76. The van der Waals surface area contributed by atoms with E-state index in [1.165, 1.54) is 4.90 Å². The van der Waals surface area contributed by atoms with Crippen LogP contribution in [-0.2, 0) is 30.3 Å².